The number of rotatable bonds is 4. The summed E-state index contributed by atoms with van der Waals surface area (Å²) >= 11 is 0. The van der Waals surface area contributed by atoms with Gasteiger partial charge in [0, 0.05) is 45.1 Å². The lowest BCUT2D eigenvalue weighted by molar-refractivity contribution is -0.118. The van der Waals surface area contributed by atoms with Crippen LogP contribution in [0.1, 0.15) is 16.8 Å². The number of hydrogen-bond donors (Lipinski definition) is 1. The highest BCUT2D eigenvalue weighted by atomic mass is 16.2. The Morgan fingerprint density at radius 1 is 1.29 bits per heavy atom. The Morgan fingerprint density at radius 3 is 2.58 bits per heavy atom. The van der Waals surface area contributed by atoms with Gasteiger partial charge in [0.1, 0.15) is 6.04 Å². The van der Waals surface area contributed by atoms with E-state index < -0.39 is 6.04 Å². The molecule has 126 valence electrons. The Labute approximate surface area is 140 Å². The highest BCUT2D eigenvalue weighted by Crippen LogP contribution is 2.21. The van der Waals surface area contributed by atoms with E-state index in [1.807, 2.05) is 31.1 Å². The summed E-state index contributed by atoms with van der Waals surface area (Å²) in [4.78, 5) is 28.5. The van der Waals surface area contributed by atoms with Gasteiger partial charge < -0.3 is 15.1 Å². The molecule has 1 saturated heterocycles. The lowest BCUT2D eigenvalue weighted by Gasteiger charge is -2.16. The zero-order chi connectivity index (χ0) is 17.3. The van der Waals surface area contributed by atoms with Crippen molar-refractivity contribution in [1.29, 1.82) is 0 Å². The van der Waals surface area contributed by atoms with Crippen molar-refractivity contribution < 1.29 is 9.59 Å². The standard InChI is InChI=1S/C17H21N5O2/c1-20(2)13-6-4-12(5-7-13)16(23)19-15-8-9-22(17(15)24)14-10-18-21(3)11-14/h4-7,10-11,15H,8-9H2,1-3H3,(H,19,23)/t15-/m0/s1. The first-order valence-electron chi connectivity index (χ1n) is 7.84. The quantitative estimate of drug-likeness (QED) is 0.910. The Morgan fingerprint density at radius 2 is 2.00 bits per heavy atom. The molecule has 1 aliphatic heterocycles. The number of amides is 2. The van der Waals surface area contributed by atoms with Crippen molar-refractivity contribution in [3.63, 3.8) is 0 Å². The molecule has 0 spiro atoms. The number of hydrogen-bond acceptors (Lipinski definition) is 4. The normalized spacial score (nSPS) is 17.2. The number of nitrogens with zero attached hydrogens (tertiary/aromatic N) is 4. The van der Waals surface area contributed by atoms with Gasteiger partial charge in [-0.15, -0.1) is 0 Å². The maximum absolute atomic E-state index is 12.5. The zero-order valence-electron chi connectivity index (χ0n) is 14.1. The molecule has 1 N–H and O–H groups in total. The van der Waals surface area contributed by atoms with E-state index in [2.05, 4.69) is 10.4 Å². The van der Waals surface area contributed by atoms with E-state index in [0.29, 0.717) is 18.5 Å². The number of aryl methyl sites for hydroxylation is 1. The van der Waals surface area contributed by atoms with E-state index >= 15 is 0 Å². The fraction of sp³-hybridized carbons (Fsp3) is 0.353. The molecule has 1 fully saturated rings. The van der Waals surface area contributed by atoms with Gasteiger partial charge in [0.15, 0.2) is 0 Å². The van der Waals surface area contributed by atoms with Crippen molar-refractivity contribution in [2.45, 2.75) is 12.5 Å². The molecule has 1 atom stereocenters. The number of carbonyl (C=O) groups excluding carboxylic acids is 2. The van der Waals surface area contributed by atoms with Crippen molar-refractivity contribution in [3.8, 4) is 0 Å². The molecule has 0 saturated carbocycles. The molecule has 0 bridgehead atoms. The maximum atomic E-state index is 12.5. The van der Waals surface area contributed by atoms with Crippen molar-refractivity contribution in [3.05, 3.63) is 42.2 Å². The van der Waals surface area contributed by atoms with Crippen LogP contribution in [0.2, 0.25) is 0 Å². The summed E-state index contributed by atoms with van der Waals surface area (Å²) in [6, 6.07) is 6.80. The Hall–Kier alpha value is -2.83. The highest BCUT2D eigenvalue weighted by Gasteiger charge is 2.34. The Balaban J connectivity index is 1.65. The minimum absolute atomic E-state index is 0.0961. The van der Waals surface area contributed by atoms with E-state index in [4.69, 9.17) is 0 Å². The first-order chi connectivity index (χ1) is 11.5. The summed E-state index contributed by atoms with van der Waals surface area (Å²) in [7, 11) is 5.69. The molecule has 2 heterocycles. The molecule has 0 radical (unpaired) electrons. The second-order valence-corrected chi connectivity index (χ2v) is 6.12. The first kappa shape index (κ1) is 16.0. The van der Waals surface area contributed by atoms with Gasteiger partial charge in [-0.3, -0.25) is 14.3 Å². The predicted octanol–water partition coefficient (Wildman–Crippen LogP) is 1.02. The zero-order valence-corrected chi connectivity index (χ0v) is 14.1. The third-order valence-electron chi connectivity index (χ3n) is 4.16. The lowest BCUT2D eigenvalue weighted by atomic mass is 10.1. The van der Waals surface area contributed by atoms with E-state index in [1.54, 1.807) is 41.2 Å². The molecule has 7 nitrogen and oxygen atoms in total. The van der Waals surface area contributed by atoms with Crippen molar-refractivity contribution in [2.24, 2.45) is 7.05 Å². The van der Waals surface area contributed by atoms with Crippen molar-refractivity contribution in [1.82, 2.24) is 15.1 Å². The van der Waals surface area contributed by atoms with Crippen LogP contribution >= 0.6 is 0 Å². The summed E-state index contributed by atoms with van der Waals surface area (Å²) in [5.74, 6) is -0.326. The van der Waals surface area contributed by atoms with Gasteiger partial charge >= 0.3 is 0 Å². The average Bonchev–Trinajstić information content (AvgIpc) is 3.14. The molecule has 3 rings (SSSR count). The van der Waals surface area contributed by atoms with Crippen LogP contribution in [-0.2, 0) is 11.8 Å². The van der Waals surface area contributed by atoms with Gasteiger partial charge in [-0.05, 0) is 30.7 Å². The second kappa shape index (κ2) is 6.35. The highest BCUT2D eigenvalue weighted by molar-refractivity contribution is 6.03. The smallest absolute Gasteiger partial charge is 0.251 e. The fourth-order valence-electron chi connectivity index (χ4n) is 2.77. The summed E-state index contributed by atoms with van der Waals surface area (Å²) in [6.07, 6.45) is 4.04. The fourth-order valence-corrected chi connectivity index (χ4v) is 2.77. The van der Waals surface area contributed by atoms with Crippen LogP contribution < -0.4 is 15.1 Å². The number of nitrogens with one attached hydrogen (secondary N) is 1. The number of aromatic nitrogens is 2. The van der Waals surface area contributed by atoms with E-state index in [0.717, 1.165) is 11.4 Å². The van der Waals surface area contributed by atoms with Crippen LogP contribution in [0, 0.1) is 0 Å². The molecular weight excluding hydrogens is 306 g/mol. The maximum Gasteiger partial charge on any atom is 0.251 e. The largest absolute Gasteiger partial charge is 0.378 e. The molecule has 1 aliphatic rings. The van der Waals surface area contributed by atoms with Crippen LogP contribution in [-0.4, -0.2) is 48.3 Å². The molecule has 2 aromatic rings. The molecule has 24 heavy (non-hydrogen) atoms. The predicted molar refractivity (Wildman–Crippen MR) is 92.2 cm³/mol. The minimum atomic E-state index is -0.494. The topological polar surface area (TPSA) is 70.5 Å². The van der Waals surface area contributed by atoms with Crippen LogP contribution in [0.4, 0.5) is 11.4 Å². The third-order valence-corrected chi connectivity index (χ3v) is 4.16. The molecule has 2 amide bonds. The average molecular weight is 327 g/mol. The molecule has 1 aromatic heterocycles. The van der Waals surface area contributed by atoms with Crippen LogP contribution in [0.25, 0.3) is 0 Å². The molecule has 1 aromatic carbocycles. The van der Waals surface area contributed by atoms with Gasteiger partial charge in [-0.1, -0.05) is 0 Å². The lowest BCUT2D eigenvalue weighted by Crippen LogP contribution is -2.41. The van der Waals surface area contributed by atoms with Gasteiger partial charge in [-0.25, -0.2) is 0 Å². The van der Waals surface area contributed by atoms with Crippen LogP contribution in [0.5, 0.6) is 0 Å². The Bertz CT molecular complexity index is 751. The minimum Gasteiger partial charge on any atom is -0.378 e. The number of anilines is 2. The monoisotopic (exact) mass is 327 g/mol. The van der Waals surface area contributed by atoms with E-state index in [-0.39, 0.29) is 11.8 Å². The summed E-state index contributed by atoms with van der Waals surface area (Å²) in [5.41, 5.74) is 2.33. The molecular formula is C17H21N5O2. The van der Waals surface area contributed by atoms with Gasteiger partial charge in [0.05, 0.1) is 11.9 Å². The van der Waals surface area contributed by atoms with Gasteiger partial charge in [0.25, 0.3) is 5.91 Å². The van der Waals surface area contributed by atoms with Crippen molar-refractivity contribution in [2.75, 3.05) is 30.4 Å². The Kier molecular flexibility index (Phi) is 4.24. The number of benzene rings is 1. The summed E-state index contributed by atoms with van der Waals surface area (Å²) in [5, 5.41) is 6.91. The number of carbonyl (C=O) groups is 2. The van der Waals surface area contributed by atoms with Gasteiger partial charge in [0.2, 0.25) is 5.91 Å². The summed E-state index contributed by atoms with van der Waals surface area (Å²) < 4.78 is 1.65. The SMILES string of the molecule is CN(C)c1ccc(C(=O)N[C@H]2CCN(c3cnn(C)c3)C2=O)cc1. The van der Waals surface area contributed by atoms with Crippen molar-refractivity contribution >= 4 is 23.2 Å². The van der Waals surface area contributed by atoms with Gasteiger partial charge in [-0.2, -0.15) is 5.10 Å². The van der Waals surface area contributed by atoms with Crippen LogP contribution in [0.15, 0.2) is 36.7 Å². The van der Waals surface area contributed by atoms with E-state index in [9.17, 15) is 9.59 Å². The summed E-state index contributed by atoms with van der Waals surface area (Å²) in [6.45, 7) is 0.578. The molecule has 7 heteroatoms. The molecule has 0 aliphatic carbocycles. The van der Waals surface area contributed by atoms with Crippen LogP contribution in [0.3, 0.4) is 0 Å². The third kappa shape index (κ3) is 3.10. The first-order valence-corrected chi connectivity index (χ1v) is 7.84. The molecule has 0 unspecified atom stereocenters. The second-order valence-electron chi connectivity index (χ2n) is 6.12. The van der Waals surface area contributed by atoms with E-state index in [1.165, 1.54) is 0 Å².